The van der Waals surface area contributed by atoms with Gasteiger partial charge in [-0.1, -0.05) is 103 Å². The fraction of sp³-hybridized carbons (Fsp3) is 0.255. The Bertz CT molecular complexity index is 2450. The molecule has 6 aromatic rings. The van der Waals surface area contributed by atoms with E-state index in [0.29, 0.717) is 18.5 Å². The van der Waals surface area contributed by atoms with Crippen molar-refractivity contribution < 1.29 is 18.8 Å². The number of furan rings is 1. The summed E-state index contributed by atoms with van der Waals surface area (Å²) in [6.45, 7) is 1.39. The number of amides is 3. The van der Waals surface area contributed by atoms with Gasteiger partial charge in [-0.05, 0) is 78.5 Å². The number of nitrogens with zero attached hydrogens (tertiary/aromatic N) is 4. The lowest BCUT2D eigenvalue weighted by Crippen LogP contribution is -2.42. The summed E-state index contributed by atoms with van der Waals surface area (Å²) in [4.78, 5) is 56.1. The molecule has 58 heavy (non-hydrogen) atoms. The van der Waals surface area contributed by atoms with Gasteiger partial charge in [-0.25, -0.2) is 9.97 Å². The molecule has 1 N–H and O–H groups in total. The number of allylic oxidation sites excluding steroid dienone is 3. The smallest absolute Gasteiger partial charge is 0.287 e. The van der Waals surface area contributed by atoms with E-state index in [1.165, 1.54) is 11.8 Å². The van der Waals surface area contributed by atoms with Gasteiger partial charge in [0.25, 0.3) is 5.91 Å². The summed E-state index contributed by atoms with van der Waals surface area (Å²) in [5.41, 5.74) is 6.35. The quantitative estimate of drug-likeness (QED) is 0.140. The Kier molecular flexibility index (Phi) is 11.0. The lowest BCUT2D eigenvalue weighted by molar-refractivity contribution is -0.134. The maximum absolute atomic E-state index is 14.2. The zero-order valence-corrected chi connectivity index (χ0v) is 33.6. The van der Waals surface area contributed by atoms with Crippen LogP contribution in [0.15, 0.2) is 138 Å². The minimum atomic E-state index is -0.855. The normalized spacial score (nSPS) is 18.3. The molecule has 2 fully saturated rings. The molecule has 2 saturated heterocycles. The average molecular weight is 806 g/mol. The van der Waals surface area contributed by atoms with Crippen LogP contribution in [0.3, 0.4) is 0 Å². The van der Waals surface area contributed by atoms with Crippen LogP contribution in [-0.4, -0.2) is 50.6 Å². The number of likely N-dealkylation sites (tertiary alicyclic amines) is 2. The van der Waals surface area contributed by atoms with Gasteiger partial charge in [0, 0.05) is 31.9 Å². The van der Waals surface area contributed by atoms with Crippen molar-refractivity contribution in [2.45, 2.75) is 63.1 Å². The standard InChI is InChI=1S/C47H43N5O4S2/c53-42(28-31-10-3-1-4-11-31)51-25-7-14-37(51)45-48-29-40(57-45)34-21-17-32(18-22-34)33-19-23-35(24-20-33)41-30-49-46(58-41)38-15-8-26-52(38)47(55)43(36-12-5-2-6-13-36)50-44(54)39-16-9-27-56-39/h1-3,5-6,9-10,12-13,16-24,27,29-30,37-38,43H,4,7-8,11,14-15,25-26,28H2,(H,50,54)/t37-,38-,43-/m0/s1. The van der Waals surface area contributed by atoms with Crippen LogP contribution in [-0.2, 0) is 9.59 Å². The Morgan fingerprint density at radius 2 is 1.34 bits per heavy atom. The second-order valence-electron chi connectivity index (χ2n) is 15.0. The van der Waals surface area contributed by atoms with Gasteiger partial charge in [-0.3, -0.25) is 14.4 Å². The summed E-state index contributed by atoms with van der Waals surface area (Å²) in [5.74, 6) is -0.227. The third-order valence-corrected chi connectivity index (χ3v) is 13.6. The summed E-state index contributed by atoms with van der Waals surface area (Å²) < 4.78 is 5.31. The molecule has 0 spiro atoms. The fourth-order valence-corrected chi connectivity index (χ4v) is 10.4. The molecule has 0 saturated carbocycles. The molecule has 5 heterocycles. The molecule has 0 bridgehead atoms. The third-order valence-electron chi connectivity index (χ3n) is 11.3. The first kappa shape index (κ1) is 37.7. The maximum atomic E-state index is 14.2. The Balaban J connectivity index is 0.853. The molecule has 0 radical (unpaired) electrons. The molecular formula is C47H43N5O4S2. The van der Waals surface area contributed by atoms with Crippen molar-refractivity contribution in [1.29, 1.82) is 0 Å². The van der Waals surface area contributed by atoms with Crippen molar-refractivity contribution in [3.63, 3.8) is 0 Å². The number of carbonyl (C=O) groups excluding carboxylic acids is 3. The predicted octanol–water partition coefficient (Wildman–Crippen LogP) is 10.4. The summed E-state index contributed by atoms with van der Waals surface area (Å²) in [5, 5.41) is 4.82. The van der Waals surface area contributed by atoms with E-state index in [1.807, 2.05) is 52.5 Å². The van der Waals surface area contributed by atoms with Crippen LogP contribution in [0.4, 0.5) is 0 Å². The molecule has 2 aliphatic heterocycles. The topological polar surface area (TPSA) is 109 Å². The molecule has 3 atom stereocenters. The SMILES string of the molecule is O=C(N[C@H](C(=O)N1CCC[C@H]1c1ncc(-c2ccc(-c3ccc(-c4cnc([C@@H]5CCCN5C(=O)CC5=CC=CCC5)s4)cc3)cc2)s1)c1ccccc1)c1ccco1. The van der Waals surface area contributed by atoms with Crippen molar-refractivity contribution >= 4 is 40.4 Å². The van der Waals surface area contributed by atoms with Gasteiger partial charge in [0.2, 0.25) is 11.8 Å². The van der Waals surface area contributed by atoms with E-state index in [-0.39, 0.29) is 29.7 Å². The van der Waals surface area contributed by atoms with E-state index < -0.39 is 11.9 Å². The highest BCUT2D eigenvalue weighted by molar-refractivity contribution is 7.15. The van der Waals surface area contributed by atoms with Gasteiger partial charge in [-0.2, -0.15) is 0 Å². The number of nitrogens with one attached hydrogen (secondary N) is 1. The first-order valence-electron chi connectivity index (χ1n) is 19.9. The Morgan fingerprint density at radius 3 is 1.93 bits per heavy atom. The van der Waals surface area contributed by atoms with Crippen LogP contribution >= 0.6 is 22.7 Å². The van der Waals surface area contributed by atoms with Crippen molar-refractivity contribution in [2.75, 3.05) is 13.1 Å². The highest BCUT2D eigenvalue weighted by Crippen LogP contribution is 2.41. The minimum Gasteiger partial charge on any atom is -0.459 e. The van der Waals surface area contributed by atoms with Gasteiger partial charge >= 0.3 is 0 Å². The van der Waals surface area contributed by atoms with Crippen LogP contribution in [0, 0.1) is 0 Å². The summed E-state index contributed by atoms with van der Waals surface area (Å²) in [6.07, 6.45) is 17.7. The number of rotatable bonds is 11. The van der Waals surface area contributed by atoms with Crippen LogP contribution in [0.25, 0.3) is 32.0 Å². The molecule has 1 aliphatic carbocycles. The summed E-state index contributed by atoms with van der Waals surface area (Å²) in [6, 6.07) is 28.7. The molecule has 292 valence electrons. The highest BCUT2D eigenvalue weighted by atomic mass is 32.1. The van der Waals surface area contributed by atoms with Crippen LogP contribution < -0.4 is 5.32 Å². The molecule has 3 aliphatic rings. The van der Waals surface area contributed by atoms with E-state index in [1.54, 1.807) is 34.8 Å². The fourth-order valence-electron chi connectivity index (χ4n) is 8.22. The van der Waals surface area contributed by atoms with E-state index in [0.717, 1.165) is 87.1 Å². The van der Waals surface area contributed by atoms with E-state index in [9.17, 15) is 14.4 Å². The largest absolute Gasteiger partial charge is 0.459 e. The number of hydrogen-bond acceptors (Lipinski definition) is 8. The molecule has 9 rings (SSSR count). The van der Waals surface area contributed by atoms with Crippen molar-refractivity contribution in [2.24, 2.45) is 0 Å². The molecule has 3 amide bonds. The predicted molar refractivity (Wildman–Crippen MR) is 228 cm³/mol. The van der Waals surface area contributed by atoms with E-state index in [2.05, 4.69) is 72.1 Å². The Labute approximate surface area is 345 Å². The second-order valence-corrected chi connectivity index (χ2v) is 17.1. The number of thiazole rings is 2. The highest BCUT2D eigenvalue weighted by Gasteiger charge is 2.37. The zero-order valence-electron chi connectivity index (χ0n) is 32.0. The number of carbonyl (C=O) groups is 3. The van der Waals surface area contributed by atoms with E-state index >= 15 is 0 Å². The zero-order chi connectivity index (χ0) is 39.4. The lowest BCUT2D eigenvalue weighted by Gasteiger charge is -2.28. The van der Waals surface area contributed by atoms with Crippen LogP contribution in [0.1, 0.15) is 89.2 Å². The van der Waals surface area contributed by atoms with Gasteiger partial charge < -0.3 is 19.5 Å². The van der Waals surface area contributed by atoms with E-state index in [4.69, 9.17) is 14.4 Å². The number of aromatic nitrogens is 2. The molecular weight excluding hydrogens is 763 g/mol. The van der Waals surface area contributed by atoms with Crippen LogP contribution in [0.2, 0.25) is 0 Å². The van der Waals surface area contributed by atoms with Gasteiger partial charge in [0.15, 0.2) is 5.76 Å². The maximum Gasteiger partial charge on any atom is 0.287 e. The lowest BCUT2D eigenvalue weighted by atomic mass is 10.0. The Morgan fingerprint density at radius 1 is 0.741 bits per heavy atom. The minimum absolute atomic E-state index is 0.0532. The summed E-state index contributed by atoms with van der Waals surface area (Å²) >= 11 is 3.30. The van der Waals surface area contributed by atoms with Crippen molar-refractivity contribution in [3.05, 3.63) is 155 Å². The molecule has 9 nitrogen and oxygen atoms in total. The molecule has 11 heteroatoms. The second kappa shape index (κ2) is 16.9. The average Bonchev–Trinajstić information content (AvgIpc) is 4.13. The van der Waals surface area contributed by atoms with Gasteiger partial charge in [-0.15, -0.1) is 22.7 Å². The summed E-state index contributed by atoms with van der Waals surface area (Å²) in [7, 11) is 0. The first-order chi connectivity index (χ1) is 28.5. The third kappa shape index (κ3) is 7.97. The monoisotopic (exact) mass is 805 g/mol. The number of hydrogen-bond donors (Lipinski definition) is 1. The van der Waals surface area contributed by atoms with Crippen LogP contribution in [0.5, 0.6) is 0 Å². The van der Waals surface area contributed by atoms with Gasteiger partial charge in [0.1, 0.15) is 16.1 Å². The van der Waals surface area contributed by atoms with Gasteiger partial charge in [0.05, 0.1) is 28.1 Å². The molecule has 3 aromatic heterocycles. The molecule has 0 unspecified atom stereocenters. The number of benzene rings is 3. The van der Waals surface area contributed by atoms with Crippen molar-refractivity contribution in [1.82, 2.24) is 25.1 Å². The van der Waals surface area contributed by atoms with Crippen molar-refractivity contribution in [3.8, 4) is 32.0 Å². The molecule has 3 aromatic carbocycles. The first-order valence-corrected chi connectivity index (χ1v) is 21.6. The Hall–Kier alpha value is -5.91.